The van der Waals surface area contributed by atoms with Gasteiger partial charge in [-0.25, -0.2) is 23.3 Å². The van der Waals surface area contributed by atoms with Gasteiger partial charge in [-0.1, -0.05) is 26.7 Å². The summed E-state index contributed by atoms with van der Waals surface area (Å²) in [4.78, 5) is 0. The standard InChI is InChI=1S/C17H18.2C7H9.Zr/c1-12-5-7-16(14(3)9-12)11-17-8-6-13(2)10-15(17)4;2*1-6-3-4-7(2)5-6;/h5-10H,1-4H3;5H,3H2,1-2H3;3,5,7H,1-2H3;/q;2*-1;+2. The minimum atomic E-state index is 0.556. The molecule has 0 spiro atoms. The normalized spacial score (nSPS) is 16.3. The third kappa shape index (κ3) is 8.25. The molecular formula is C31H36Zr. The molecule has 0 aliphatic heterocycles. The van der Waals surface area contributed by atoms with E-state index in [4.69, 9.17) is 0 Å². The first-order chi connectivity index (χ1) is 15.1. The summed E-state index contributed by atoms with van der Waals surface area (Å²) in [6, 6.07) is 13.5. The van der Waals surface area contributed by atoms with Crippen molar-refractivity contribution in [1.29, 1.82) is 0 Å². The zero-order valence-corrected chi connectivity index (χ0v) is 23.4. The fourth-order valence-electron chi connectivity index (χ4n) is 3.84. The molecule has 4 rings (SSSR count). The Morgan fingerprint density at radius 3 is 1.62 bits per heavy atom. The molecule has 1 heteroatoms. The molecule has 0 amide bonds. The van der Waals surface area contributed by atoms with E-state index in [1.54, 1.807) is 0 Å². The maximum absolute atomic E-state index is 3.19. The molecule has 164 valence electrons. The molecule has 1 unspecified atom stereocenters. The Balaban J connectivity index is 0.000000211. The molecular weight excluding hydrogens is 464 g/mol. The van der Waals surface area contributed by atoms with Gasteiger partial charge in [0, 0.05) is 0 Å². The van der Waals surface area contributed by atoms with Gasteiger partial charge in [-0.2, -0.15) is 11.6 Å². The predicted molar refractivity (Wildman–Crippen MR) is 137 cm³/mol. The quantitative estimate of drug-likeness (QED) is 0.367. The van der Waals surface area contributed by atoms with Gasteiger partial charge in [0.25, 0.3) is 0 Å². The molecule has 0 aromatic heterocycles. The van der Waals surface area contributed by atoms with Crippen LogP contribution in [0.1, 0.15) is 67.5 Å². The summed E-state index contributed by atoms with van der Waals surface area (Å²) in [5, 5.41) is 0. The average molecular weight is 500 g/mol. The summed E-state index contributed by atoms with van der Waals surface area (Å²) in [6.45, 7) is 17.1. The second kappa shape index (κ2) is 12.4. The first-order valence-electron chi connectivity index (χ1n) is 11.3. The van der Waals surface area contributed by atoms with Crippen molar-refractivity contribution < 1.29 is 24.2 Å². The van der Waals surface area contributed by atoms with Crippen LogP contribution in [0.15, 0.2) is 71.3 Å². The van der Waals surface area contributed by atoms with Crippen LogP contribution in [0.25, 0.3) is 0 Å². The fourth-order valence-corrected chi connectivity index (χ4v) is 5.22. The Bertz CT molecular complexity index is 1040. The molecule has 2 aliphatic rings. The summed E-state index contributed by atoms with van der Waals surface area (Å²) in [5.41, 5.74) is 12.3. The molecule has 2 aliphatic carbocycles. The van der Waals surface area contributed by atoms with E-state index in [-0.39, 0.29) is 0 Å². The number of benzene rings is 2. The van der Waals surface area contributed by atoms with Gasteiger partial charge in [-0.15, -0.1) is 13.3 Å². The zero-order chi connectivity index (χ0) is 23.8. The van der Waals surface area contributed by atoms with Crippen molar-refractivity contribution in [2.45, 2.75) is 61.8 Å². The monoisotopic (exact) mass is 498 g/mol. The van der Waals surface area contributed by atoms with Gasteiger partial charge < -0.3 is 0 Å². The van der Waals surface area contributed by atoms with E-state index in [1.165, 1.54) is 77.5 Å². The molecule has 0 fully saturated rings. The first-order valence-corrected chi connectivity index (χ1v) is 12.6. The van der Waals surface area contributed by atoms with Crippen molar-refractivity contribution in [1.82, 2.24) is 0 Å². The topological polar surface area (TPSA) is 0 Å². The van der Waals surface area contributed by atoms with E-state index in [1.807, 2.05) is 6.08 Å². The first kappa shape index (κ1) is 26.4. The third-order valence-corrected chi connectivity index (χ3v) is 6.82. The van der Waals surface area contributed by atoms with Gasteiger partial charge in [0.2, 0.25) is 0 Å². The molecule has 0 nitrogen and oxygen atoms in total. The maximum atomic E-state index is 3.19. The molecule has 2 aromatic carbocycles. The molecule has 0 bridgehead atoms. The number of hydrogen-bond donors (Lipinski definition) is 0. The Hall–Kier alpha value is -1.85. The molecule has 32 heavy (non-hydrogen) atoms. The fraction of sp³-hybridized carbons (Fsp3) is 0.323. The molecule has 2 aromatic rings. The van der Waals surface area contributed by atoms with E-state index >= 15 is 0 Å². The average Bonchev–Trinajstić information content (AvgIpc) is 3.28. The van der Waals surface area contributed by atoms with Gasteiger partial charge in [-0.05, 0) is 0 Å². The van der Waals surface area contributed by atoms with Crippen molar-refractivity contribution in [2.75, 3.05) is 0 Å². The van der Waals surface area contributed by atoms with Gasteiger partial charge >= 0.3 is 125 Å². The van der Waals surface area contributed by atoms with E-state index in [0.717, 1.165) is 6.42 Å². The minimum absolute atomic E-state index is 0.556. The molecule has 0 N–H and O–H groups in total. The second-order valence-electron chi connectivity index (χ2n) is 9.05. The van der Waals surface area contributed by atoms with Crippen molar-refractivity contribution in [2.24, 2.45) is 5.92 Å². The van der Waals surface area contributed by atoms with Crippen LogP contribution in [0.5, 0.6) is 0 Å². The van der Waals surface area contributed by atoms with Crippen LogP contribution in [0, 0.1) is 45.8 Å². The van der Waals surface area contributed by atoms with Crippen molar-refractivity contribution in [3.05, 3.63) is 117 Å². The Morgan fingerprint density at radius 2 is 1.38 bits per heavy atom. The van der Waals surface area contributed by atoms with Crippen LogP contribution in [-0.4, -0.2) is 3.21 Å². The summed E-state index contributed by atoms with van der Waals surface area (Å²) < 4.78 is 1.46. The van der Waals surface area contributed by atoms with Gasteiger partial charge in [0.15, 0.2) is 0 Å². The van der Waals surface area contributed by atoms with Crippen LogP contribution in [0.2, 0.25) is 0 Å². The Labute approximate surface area is 211 Å². The second-order valence-corrected chi connectivity index (χ2v) is 10.3. The number of rotatable bonds is 2. The van der Waals surface area contributed by atoms with Crippen LogP contribution in [0.4, 0.5) is 0 Å². The van der Waals surface area contributed by atoms with E-state index < -0.39 is 0 Å². The summed E-state index contributed by atoms with van der Waals surface area (Å²) in [5.74, 6) is 0.556. The van der Waals surface area contributed by atoms with Gasteiger partial charge in [0.1, 0.15) is 0 Å². The Kier molecular flexibility index (Phi) is 10.2. The van der Waals surface area contributed by atoms with E-state index in [0.29, 0.717) is 5.92 Å². The molecule has 0 saturated carbocycles. The molecule has 1 atom stereocenters. The van der Waals surface area contributed by atoms with Gasteiger partial charge in [-0.3, -0.25) is 12.2 Å². The predicted octanol–water partition coefficient (Wildman–Crippen LogP) is 8.06. The van der Waals surface area contributed by atoms with E-state index in [2.05, 4.69) is 116 Å². The van der Waals surface area contributed by atoms with Crippen molar-refractivity contribution in [3.8, 4) is 0 Å². The van der Waals surface area contributed by atoms with Crippen LogP contribution in [0.3, 0.4) is 0 Å². The summed E-state index contributed by atoms with van der Waals surface area (Å²) in [6.07, 6.45) is 13.8. The van der Waals surface area contributed by atoms with Crippen molar-refractivity contribution in [3.63, 3.8) is 0 Å². The van der Waals surface area contributed by atoms with Crippen molar-refractivity contribution >= 4 is 3.21 Å². The number of allylic oxidation sites excluding steroid dienone is 8. The number of hydrogen-bond acceptors (Lipinski definition) is 0. The van der Waals surface area contributed by atoms with Gasteiger partial charge in [0.05, 0.1) is 0 Å². The van der Waals surface area contributed by atoms with E-state index in [9.17, 15) is 0 Å². The molecule has 0 heterocycles. The van der Waals surface area contributed by atoms with Crippen LogP contribution >= 0.6 is 0 Å². The zero-order valence-electron chi connectivity index (χ0n) is 21.0. The van der Waals surface area contributed by atoms with Crippen LogP contribution < -0.4 is 0 Å². The SMILES string of the molecule is CC1=CC(C)[C-]=C1.CC1=[C-]CC(C)=C1.Cc1ccc([C](=[Zr+2])c2ccc(C)cc2C)c(C)c1. The summed E-state index contributed by atoms with van der Waals surface area (Å²) in [7, 11) is 0. The van der Waals surface area contributed by atoms with Crippen LogP contribution in [-0.2, 0) is 24.2 Å². The third-order valence-electron chi connectivity index (χ3n) is 5.50. The molecule has 0 radical (unpaired) electrons. The molecule has 0 saturated heterocycles. The summed E-state index contributed by atoms with van der Waals surface area (Å²) >= 11 is 1.48. The Morgan fingerprint density at radius 1 is 0.844 bits per heavy atom. The number of aryl methyl sites for hydroxylation is 4.